The molecule has 0 aromatic heterocycles. The second-order valence-corrected chi connectivity index (χ2v) is 9.28. The molecular formula is C23H30N4O3. The summed E-state index contributed by atoms with van der Waals surface area (Å²) in [5.74, 6) is 0.877. The van der Waals surface area contributed by atoms with Crippen molar-refractivity contribution in [1.82, 2.24) is 20.4 Å². The molecule has 3 unspecified atom stereocenters. The van der Waals surface area contributed by atoms with E-state index in [1.807, 2.05) is 12.1 Å². The molecule has 4 heterocycles. The van der Waals surface area contributed by atoms with Crippen LogP contribution >= 0.6 is 0 Å². The average molecular weight is 411 g/mol. The molecule has 160 valence electrons. The van der Waals surface area contributed by atoms with Gasteiger partial charge in [0.05, 0.1) is 0 Å². The number of likely N-dealkylation sites (tertiary alicyclic amines) is 1. The number of carbonyl (C=O) groups is 3. The van der Waals surface area contributed by atoms with E-state index in [9.17, 15) is 14.4 Å². The summed E-state index contributed by atoms with van der Waals surface area (Å²) in [6.07, 6.45) is 4.59. The molecule has 3 amide bonds. The molecule has 1 aromatic carbocycles. The first-order valence-electron chi connectivity index (χ1n) is 11.3. The Morgan fingerprint density at radius 3 is 2.77 bits per heavy atom. The fourth-order valence-electron chi connectivity index (χ4n) is 5.63. The number of fused-ring (bicyclic) bond motifs is 1. The summed E-state index contributed by atoms with van der Waals surface area (Å²) in [5.41, 5.74) is 2.85. The Bertz CT molecular complexity index is 864. The quantitative estimate of drug-likeness (QED) is 0.731. The Morgan fingerprint density at radius 2 is 1.97 bits per heavy atom. The molecule has 2 N–H and O–H groups in total. The second kappa shape index (κ2) is 8.12. The Morgan fingerprint density at radius 1 is 1.07 bits per heavy atom. The van der Waals surface area contributed by atoms with Crippen molar-refractivity contribution >= 4 is 17.7 Å². The smallest absolute Gasteiger partial charge is 0.255 e. The number of amides is 3. The summed E-state index contributed by atoms with van der Waals surface area (Å²) in [4.78, 5) is 40.8. The van der Waals surface area contributed by atoms with E-state index in [4.69, 9.17) is 0 Å². The molecule has 3 fully saturated rings. The lowest BCUT2D eigenvalue weighted by Gasteiger charge is -2.29. The van der Waals surface area contributed by atoms with Gasteiger partial charge in [0, 0.05) is 31.6 Å². The van der Waals surface area contributed by atoms with Gasteiger partial charge in [-0.05, 0) is 74.3 Å². The molecule has 3 saturated heterocycles. The van der Waals surface area contributed by atoms with Crippen LogP contribution in [0.25, 0.3) is 0 Å². The van der Waals surface area contributed by atoms with Gasteiger partial charge in [-0.25, -0.2) is 0 Å². The van der Waals surface area contributed by atoms with Crippen molar-refractivity contribution in [3.05, 3.63) is 34.9 Å². The van der Waals surface area contributed by atoms with Crippen molar-refractivity contribution in [2.24, 2.45) is 11.8 Å². The number of nitrogens with zero attached hydrogens (tertiary/aromatic N) is 2. The van der Waals surface area contributed by atoms with Crippen LogP contribution in [0.3, 0.4) is 0 Å². The number of imide groups is 1. The maximum atomic E-state index is 13.0. The number of piperidine rings is 2. The van der Waals surface area contributed by atoms with Crippen LogP contribution in [0.1, 0.15) is 53.6 Å². The summed E-state index contributed by atoms with van der Waals surface area (Å²) >= 11 is 0. The van der Waals surface area contributed by atoms with Gasteiger partial charge in [-0.1, -0.05) is 12.1 Å². The van der Waals surface area contributed by atoms with E-state index in [-0.39, 0.29) is 24.1 Å². The van der Waals surface area contributed by atoms with E-state index in [0.29, 0.717) is 18.5 Å². The van der Waals surface area contributed by atoms with Crippen LogP contribution in [-0.4, -0.2) is 59.7 Å². The van der Waals surface area contributed by atoms with E-state index >= 15 is 0 Å². The first-order valence-corrected chi connectivity index (χ1v) is 11.3. The van der Waals surface area contributed by atoms with Crippen molar-refractivity contribution in [1.29, 1.82) is 0 Å². The fraction of sp³-hybridized carbons (Fsp3) is 0.609. The van der Waals surface area contributed by atoms with E-state index < -0.39 is 6.04 Å². The molecule has 0 radical (unpaired) electrons. The first kappa shape index (κ1) is 19.7. The third-order valence-corrected chi connectivity index (χ3v) is 7.31. The largest absolute Gasteiger partial charge is 0.322 e. The van der Waals surface area contributed by atoms with Crippen molar-refractivity contribution in [2.45, 2.75) is 51.2 Å². The van der Waals surface area contributed by atoms with Gasteiger partial charge in [-0.15, -0.1) is 0 Å². The van der Waals surface area contributed by atoms with Gasteiger partial charge in [0.15, 0.2) is 0 Å². The molecule has 0 bridgehead atoms. The molecule has 0 spiro atoms. The normalized spacial score (nSPS) is 29.9. The molecule has 3 atom stereocenters. The highest BCUT2D eigenvalue weighted by Crippen LogP contribution is 2.31. The zero-order valence-electron chi connectivity index (χ0n) is 17.4. The summed E-state index contributed by atoms with van der Waals surface area (Å²) in [5, 5.41) is 5.90. The van der Waals surface area contributed by atoms with Gasteiger partial charge in [0.2, 0.25) is 11.8 Å². The molecule has 4 aliphatic rings. The Kier molecular flexibility index (Phi) is 5.33. The van der Waals surface area contributed by atoms with Gasteiger partial charge >= 0.3 is 0 Å². The van der Waals surface area contributed by atoms with Gasteiger partial charge in [-0.2, -0.15) is 0 Å². The highest BCUT2D eigenvalue weighted by atomic mass is 16.2. The van der Waals surface area contributed by atoms with E-state index in [0.717, 1.165) is 55.7 Å². The van der Waals surface area contributed by atoms with E-state index in [1.165, 1.54) is 19.3 Å². The molecule has 5 rings (SSSR count). The third-order valence-electron chi connectivity index (χ3n) is 7.31. The lowest BCUT2D eigenvalue weighted by Crippen LogP contribution is -2.52. The Hall–Kier alpha value is -2.25. The molecule has 7 nitrogen and oxygen atoms in total. The summed E-state index contributed by atoms with van der Waals surface area (Å²) in [6.45, 7) is 5.89. The van der Waals surface area contributed by atoms with Crippen LogP contribution in [0.2, 0.25) is 0 Å². The molecule has 30 heavy (non-hydrogen) atoms. The van der Waals surface area contributed by atoms with Crippen LogP contribution in [0.5, 0.6) is 0 Å². The first-order chi connectivity index (χ1) is 14.6. The topological polar surface area (TPSA) is 81.8 Å². The number of carbonyl (C=O) groups excluding carboxylic acids is 3. The van der Waals surface area contributed by atoms with Crippen LogP contribution in [-0.2, 0) is 22.7 Å². The molecule has 0 aliphatic carbocycles. The lowest BCUT2D eigenvalue weighted by atomic mass is 9.86. The SMILES string of the molecule is O=C1CCC(N2Cc3ccc(CN4CCC(C5CCCNC5)C4)cc3C2=O)C(=O)N1. The van der Waals surface area contributed by atoms with Crippen molar-refractivity contribution in [3.8, 4) is 0 Å². The minimum Gasteiger partial charge on any atom is -0.322 e. The third kappa shape index (κ3) is 3.76. The highest BCUT2D eigenvalue weighted by molar-refractivity contribution is 6.05. The summed E-state index contributed by atoms with van der Waals surface area (Å²) < 4.78 is 0. The van der Waals surface area contributed by atoms with Crippen LogP contribution in [0.4, 0.5) is 0 Å². The number of hydrogen-bond acceptors (Lipinski definition) is 5. The average Bonchev–Trinajstić information content (AvgIpc) is 3.34. The van der Waals surface area contributed by atoms with Gasteiger partial charge in [0.1, 0.15) is 6.04 Å². The van der Waals surface area contributed by atoms with Gasteiger partial charge in [0.25, 0.3) is 5.91 Å². The van der Waals surface area contributed by atoms with Crippen molar-refractivity contribution in [2.75, 3.05) is 26.2 Å². The lowest BCUT2D eigenvalue weighted by molar-refractivity contribution is -0.136. The van der Waals surface area contributed by atoms with Gasteiger partial charge in [-0.3, -0.25) is 24.6 Å². The maximum Gasteiger partial charge on any atom is 0.255 e. The number of nitrogens with one attached hydrogen (secondary N) is 2. The van der Waals surface area contributed by atoms with Crippen molar-refractivity contribution in [3.63, 3.8) is 0 Å². The van der Waals surface area contributed by atoms with Crippen LogP contribution in [0.15, 0.2) is 18.2 Å². The van der Waals surface area contributed by atoms with Crippen LogP contribution < -0.4 is 10.6 Å². The minimum absolute atomic E-state index is 0.0890. The fourth-order valence-corrected chi connectivity index (χ4v) is 5.63. The highest BCUT2D eigenvalue weighted by Gasteiger charge is 2.39. The number of rotatable bonds is 4. The minimum atomic E-state index is -0.547. The predicted molar refractivity (Wildman–Crippen MR) is 111 cm³/mol. The summed E-state index contributed by atoms with van der Waals surface area (Å²) in [7, 11) is 0. The number of benzene rings is 1. The zero-order valence-corrected chi connectivity index (χ0v) is 17.4. The maximum absolute atomic E-state index is 13.0. The standard InChI is InChI=1S/C23H30N4O3/c28-21-6-5-20(22(29)25-21)27-14-18-4-3-15(10-19(18)23(27)30)12-26-9-7-17(13-26)16-2-1-8-24-11-16/h3-4,10,16-17,20,24H,1-2,5-9,11-14H2,(H,25,28,29). The van der Waals surface area contributed by atoms with Crippen LogP contribution in [0, 0.1) is 11.8 Å². The second-order valence-electron chi connectivity index (χ2n) is 9.28. The Balaban J connectivity index is 1.23. The monoisotopic (exact) mass is 410 g/mol. The summed E-state index contributed by atoms with van der Waals surface area (Å²) in [6, 6.07) is 5.62. The zero-order chi connectivity index (χ0) is 20.7. The molecule has 0 saturated carbocycles. The molecule has 1 aromatic rings. The predicted octanol–water partition coefficient (Wildman–Crippen LogP) is 1.27. The van der Waals surface area contributed by atoms with Gasteiger partial charge < -0.3 is 10.2 Å². The molecule has 7 heteroatoms. The Labute approximate surface area is 177 Å². The number of hydrogen-bond donors (Lipinski definition) is 2. The molecular weight excluding hydrogens is 380 g/mol. The van der Waals surface area contributed by atoms with E-state index in [2.05, 4.69) is 21.6 Å². The molecule has 4 aliphatic heterocycles. The van der Waals surface area contributed by atoms with Crippen molar-refractivity contribution < 1.29 is 14.4 Å². The van der Waals surface area contributed by atoms with E-state index in [1.54, 1.807) is 4.90 Å².